The molecule has 0 aliphatic rings. The Labute approximate surface area is 115 Å². The molecule has 1 aromatic rings. The van der Waals surface area contributed by atoms with E-state index in [2.05, 4.69) is 10.1 Å². The van der Waals surface area contributed by atoms with Gasteiger partial charge < -0.3 is 10.1 Å². The van der Waals surface area contributed by atoms with Crippen LogP contribution in [0.25, 0.3) is 0 Å². The van der Waals surface area contributed by atoms with Crippen molar-refractivity contribution < 1.29 is 14.3 Å². The van der Waals surface area contributed by atoms with E-state index in [1.807, 2.05) is 0 Å². The third-order valence-corrected chi connectivity index (χ3v) is 3.09. The summed E-state index contributed by atoms with van der Waals surface area (Å²) >= 11 is 11.7. The minimum atomic E-state index is -0.389. The van der Waals surface area contributed by atoms with Gasteiger partial charge in [0, 0.05) is 6.04 Å². The molecule has 0 fully saturated rings. The number of ether oxygens (including phenoxy) is 1. The lowest BCUT2D eigenvalue weighted by atomic mass is 10.1. The predicted octanol–water partition coefficient (Wildman–Crippen LogP) is 2.67. The molecule has 0 heterocycles. The van der Waals surface area contributed by atoms with Crippen molar-refractivity contribution >= 4 is 35.1 Å². The van der Waals surface area contributed by atoms with Crippen molar-refractivity contribution in [3.63, 3.8) is 0 Å². The van der Waals surface area contributed by atoms with Crippen LogP contribution < -0.4 is 5.32 Å². The highest BCUT2D eigenvalue weighted by Gasteiger charge is 2.16. The number of carbonyl (C=O) groups excluding carboxylic acids is 2. The first-order chi connectivity index (χ1) is 8.45. The fourth-order valence-corrected chi connectivity index (χ4v) is 1.75. The van der Waals surface area contributed by atoms with E-state index in [0.717, 1.165) is 0 Å². The Morgan fingerprint density at radius 2 is 2.06 bits per heavy atom. The number of rotatable bonds is 4. The van der Waals surface area contributed by atoms with Crippen LogP contribution in [0.15, 0.2) is 18.2 Å². The lowest BCUT2D eigenvalue weighted by Gasteiger charge is -2.13. The smallest absolute Gasteiger partial charge is 0.307 e. The second-order valence-electron chi connectivity index (χ2n) is 3.76. The number of hydrogen-bond acceptors (Lipinski definition) is 3. The Bertz CT molecular complexity index is 463. The summed E-state index contributed by atoms with van der Waals surface area (Å²) in [6.07, 6.45) is 0.0976. The van der Waals surface area contributed by atoms with Gasteiger partial charge in [-0.25, -0.2) is 0 Å². The van der Waals surface area contributed by atoms with Crippen molar-refractivity contribution in [2.45, 2.75) is 19.4 Å². The zero-order chi connectivity index (χ0) is 13.7. The van der Waals surface area contributed by atoms with Crippen LogP contribution in [0.3, 0.4) is 0 Å². The molecular formula is C12H13Cl2NO3. The first kappa shape index (κ1) is 14.8. The predicted molar refractivity (Wildman–Crippen MR) is 70.0 cm³/mol. The van der Waals surface area contributed by atoms with Crippen molar-refractivity contribution in [1.29, 1.82) is 0 Å². The maximum atomic E-state index is 11.9. The quantitative estimate of drug-likeness (QED) is 0.867. The molecule has 18 heavy (non-hydrogen) atoms. The molecule has 1 rings (SSSR count). The van der Waals surface area contributed by atoms with Crippen LogP contribution in [-0.2, 0) is 9.53 Å². The van der Waals surface area contributed by atoms with Crippen LogP contribution in [0.1, 0.15) is 23.7 Å². The number of carbonyl (C=O) groups is 2. The van der Waals surface area contributed by atoms with Crippen molar-refractivity contribution in [3.05, 3.63) is 33.8 Å². The molecule has 0 saturated carbocycles. The Balaban J connectivity index is 2.71. The van der Waals surface area contributed by atoms with E-state index >= 15 is 0 Å². The van der Waals surface area contributed by atoms with Crippen molar-refractivity contribution in [2.24, 2.45) is 0 Å². The molecule has 98 valence electrons. The second kappa shape index (κ2) is 6.61. The molecule has 0 aromatic heterocycles. The van der Waals surface area contributed by atoms with Gasteiger partial charge >= 0.3 is 5.97 Å². The summed E-state index contributed by atoms with van der Waals surface area (Å²) in [5, 5.41) is 3.15. The molecule has 1 N–H and O–H groups in total. The average molecular weight is 290 g/mol. The molecule has 0 saturated heterocycles. The molecule has 6 heteroatoms. The van der Waals surface area contributed by atoms with Crippen LogP contribution in [0, 0.1) is 0 Å². The zero-order valence-electron chi connectivity index (χ0n) is 10.00. The first-order valence-electron chi connectivity index (χ1n) is 5.27. The van der Waals surface area contributed by atoms with Crippen LogP contribution in [0.2, 0.25) is 10.0 Å². The zero-order valence-corrected chi connectivity index (χ0v) is 11.5. The van der Waals surface area contributed by atoms with Crippen LogP contribution in [-0.4, -0.2) is 25.0 Å². The average Bonchev–Trinajstić information content (AvgIpc) is 2.32. The van der Waals surface area contributed by atoms with Gasteiger partial charge in [-0.1, -0.05) is 29.3 Å². The second-order valence-corrected chi connectivity index (χ2v) is 4.54. The Morgan fingerprint density at radius 3 is 2.67 bits per heavy atom. The van der Waals surface area contributed by atoms with E-state index in [1.54, 1.807) is 25.1 Å². The summed E-state index contributed by atoms with van der Waals surface area (Å²) < 4.78 is 4.51. The van der Waals surface area contributed by atoms with Crippen molar-refractivity contribution in [1.82, 2.24) is 5.32 Å². The van der Waals surface area contributed by atoms with E-state index < -0.39 is 0 Å². The van der Waals surface area contributed by atoms with E-state index in [1.165, 1.54) is 7.11 Å². The molecule has 1 aromatic carbocycles. The van der Waals surface area contributed by atoms with Gasteiger partial charge in [0.1, 0.15) is 0 Å². The number of amides is 1. The SMILES string of the molecule is COC(=O)CC(C)NC(=O)c1cccc(Cl)c1Cl. The summed E-state index contributed by atoms with van der Waals surface area (Å²) in [6, 6.07) is 4.45. The highest BCUT2D eigenvalue weighted by Crippen LogP contribution is 2.25. The number of halogens is 2. The van der Waals surface area contributed by atoms with Crippen molar-refractivity contribution in [3.8, 4) is 0 Å². The number of esters is 1. The number of hydrogen-bond donors (Lipinski definition) is 1. The molecule has 0 aliphatic heterocycles. The first-order valence-corrected chi connectivity index (χ1v) is 6.03. The molecule has 0 spiro atoms. The summed E-state index contributed by atoms with van der Waals surface area (Å²) in [5.74, 6) is -0.765. The van der Waals surface area contributed by atoms with Crippen LogP contribution >= 0.6 is 23.2 Å². The van der Waals surface area contributed by atoms with Gasteiger partial charge in [0.05, 0.1) is 29.1 Å². The van der Waals surface area contributed by atoms with Gasteiger partial charge in [-0.3, -0.25) is 9.59 Å². The number of benzene rings is 1. The van der Waals surface area contributed by atoms with Gasteiger partial charge in [0.15, 0.2) is 0 Å². The number of methoxy groups -OCH3 is 1. The monoisotopic (exact) mass is 289 g/mol. The van der Waals surface area contributed by atoms with Gasteiger partial charge in [0.25, 0.3) is 5.91 Å². The standard InChI is InChI=1S/C12H13Cl2NO3/c1-7(6-10(16)18-2)15-12(17)8-4-3-5-9(13)11(8)14/h3-5,7H,6H2,1-2H3,(H,15,17). The summed E-state index contributed by atoms with van der Waals surface area (Å²) in [4.78, 5) is 22.9. The van der Waals surface area contributed by atoms with Gasteiger partial charge in [-0.05, 0) is 19.1 Å². The molecule has 4 nitrogen and oxygen atoms in total. The molecule has 1 atom stereocenters. The highest BCUT2D eigenvalue weighted by molar-refractivity contribution is 6.43. The minimum Gasteiger partial charge on any atom is -0.469 e. The summed E-state index contributed by atoms with van der Waals surface area (Å²) in [5.41, 5.74) is 0.279. The lowest BCUT2D eigenvalue weighted by Crippen LogP contribution is -2.34. The van der Waals surface area contributed by atoms with Gasteiger partial charge in [0.2, 0.25) is 0 Å². The number of nitrogens with one attached hydrogen (secondary N) is 1. The third kappa shape index (κ3) is 3.89. The van der Waals surface area contributed by atoms with Crippen LogP contribution in [0.4, 0.5) is 0 Å². The lowest BCUT2D eigenvalue weighted by molar-refractivity contribution is -0.141. The van der Waals surface area contributed by atoms with Crippen LogP contribution in [0.5, 0.6) is 0 Å². The maximum absolute atomic E-state index is 11.9. The molecular weight excluding hydrogens is 277 g/mol. The fraction of sp³-hybridized carbons (Fsp3) is 0.333. The van der Waals surface area contributed by atoms with E-state index in [4.69, 9.17) is 23.2 Å². The fourth-order valence-electron chi connectivity index (χ4n) is 1.37. The summed E-state index contributed by atoms with van der Waals surface area (Å²) in [7, 11) is 1.30. The normalized spacial score (nSPS) is 11.8. The minimum absolute atomic E-state index is 0.0976. The van der Waals surface area contributed by atoms with E-state index in [9.17, 15) is 9.59 Å². The molecule has 1 amide bonds. The largest absolute Gasteiger partial charge is 0.469 e. The van der Waals surface area contributed by atoms with Crippen molar-refractivity contribution in [2.75, 3.05) is 7.11 Å². The Kier molecular flexibility index (Phi) is 5.44. The molecule has 0 radical (unpaired) electrons. The Hall–Kier alpha value is -1.26. The molecule has 1 unspecified atom stereocenters. The summed E-state index contributed by atoms with van der Waals surface area (Å²) in [6.45, 7) is 1.70. The third-order valence-electron chi connectivity index (χ3n) is 2.27. The topological polar surface area (TPSA) is 55.4 Å². The molecule has 0 bridgehead atoms. The molecule has 0 aliphatic carbocycles. The van der Waals surface area contributed by atoms with E-state index in [-0.39, 0.29) is 34.9 Å². The Morgan fingerprint density at radius 1 is 1.39 bits per heavy atom. The van der Waals surface area contributed by atoms with E-state index in [0.29, 0.717) is 5.02 Å². The maximum Gasteiger partial charge on any atom is 0.307 e. The van der Waals surface area contributed by atoms with Gasteiger partial charge in [-0.2, -0.15) is 0 Å². The highest BCUT2D eigenvalue weighted by atomic mass is 35.5. The van der Waals surface area contributed by atoms with Gasteiger partial charge in [-0.15, -0.1) is 0 Å².